The predicted molar refractivity (Wildman–Crippen MR) is 129 cm³/mol. The van der Waals surface area contributed by atoms with Gasteiger partial charge >= 0.3 is 0 Å². The zero-order valence-electron chi connectivity index (χ0n) is 19.6. The van der Waals surface area contributed by atoms with Crippen LogP contribution in [0.15, 0.2) is 47.8 Å². The van der Waals surface area contributed by atoms with Crippen LogP contribution in [0.5, 0.6) is 5.75 Å². The number of hydrogen-bond donors (Lipinski definition) is 0. The van der Waals surface area contributed by atoms with Gasteiger partial charge in [0.2, 0.25) is 5.91 Å². The van der Waals surface area contributed by atoms with Crippen LogP contribution in [0.3, 0.4) is 0 Å². The standard InChI is InChI=1S/C26H28FN3O3S/c1-4-24(31)30-13-12-17-8-11-20(14-21(17)25(30)18-6-9-19(27)10-7-18)33-15-23-28-22(16-34-23)26(32)29(3)5-2/h6-11,14,16,25H,4-5,12-13,15H2,1-3H3. The number of nitrogens with zero attached hydrogens (tertiary/aromatic N) is 3. The minimum atomic E-state index is -0.309. The molecule has 2 heterocycles. The third kappa shape index (κ3) is 4.97. The maximum Gasteiger partial charge on any atom is 0.273 e. The number of rotatable bonds is 7. The number of ether oxygens (including phenoxy) is 1. The highest BCUT2D eigenvalue weighted by atomic mass is 32.1. The van der Waals surface area contributed by atoms with E-state index >= 15 is 0 Å². The molecule has 34 heavy (non-hydrogen) atoms. The number of thiazole rings is 1. The number of amides is 2. The van der Waals surface area contributed by atoms with Crippen LogP contribution >= 0.6 is 11.3 Å². The van der Waals surface area contributed by atoms with Crippen LogP contribution in [-0.2, 0) is 17.8 Å². The fourth-order valence-electron chi connectivity index (χ4n) is 4.12. The normalized spacial score (nSPS) is 15.1. The second-order valence-electron chi connectivity index (χ2n) is 8.24. The number of benzene rings is 2. The predicted octanol–water partition coefficient (Wildman–Crippen LogP) is 4.84. The molecule has 2 amide bonds. The van der Waals surface area contributed by atoms with Crippen LogP contribution in [0.4, 0.5) is 4.39 Å². The lowest BCUT2D eigenvalue weighted by atomic mass is 9.87. The molecule has 0 fully saturated rings. The first-order valence-corrected chi connectivity index (χ1v) is 12.3. The second-order valence-corrected chi connectivity index (χ2v) is 9.18. The Bertz CT molecular complexity index is 1180. The molecule has 0 saturated heterocycles. The summed E-state index contributed by atoms with van der Waals surface area (Å²) >= 11 is 1.39. The van der Waals surface area contributed by atoms with Gasteiger partial charge in [0.15, 0.2) is 0 Å². The van der Waals surface area contributed by atoms with Crippen molar-refractivity contribution in [3.05, 3.63) is 81.1 Å². The van der Waals surface area contributed by atoms with Gasteiger partial charge in [-0.3, -0.25) is 9.59 Å². The summed E-state index contributed by atoms with van der Waals surface area (Å²) in [6.07, 6.45) is 1.16. The van der Waals surface area contributed by atoms with E-state index in [-0.39, 0.29) is 30.3 Å². The molecule has 0 aliphatic carbocycles. The summed E-state index contributed by atoms with van der Waals surface area (Å²) < 4.78 is 19.6. The number of aromatic nitrogens is 1. The molecular weight excluding hydrogens is 453 g/mol. The third-order valence-corrected chi connectivity index (χ3v) is 6.93. The van der Waals surface area contributed by atoms with Gasteiger partial charge in [0.25, 0.3) is 5.91 Å². The highest BCUT2D eigenvalue weighted by Gasteiger charge is 2.31. The molecule has 1 aromatic heterocycles. The molecular formula is C26H28FN3O3S. The van der Waals surface area contributed by atoms with Gasteiger partial charge in [-0.2, -0.15) is 0 Å². The molecule has 1 aliphatic rings. The average molecular weight is 482 g/mol. The monoisotopic (exact) mass is 481 g/mol. The summed E-state index contributed by atoms with van der Waals surface area (Å²) in [5, 5.41) is 2.46. The topological polar surface area (TPSA) is 62.7 Å². The highest BCUT2D eigenvalue weighted by Crippen LogP contribution is 2.37. The van der Waals surface area contributed by atoms with E-state index in [2.05, 4.69) is 4.98 Å². The quantitative estimate of drug-likeness (QED) is 0.485. The number of hydrogen-bond acceptors (Lipinski definition) is 5. The molecule has 8 heteroatoms. The fraction of sp³-hybridized carbons (Fsp3) is 0.346. The van der Waals surface area contributed by atoms with Gasteiger partial charge in [0, 0.05) is 31.9 Å². The molecule has 0 saturated carbocycles. The Kier molecular flexibility index (Phi) is 7.26. The van der Waals surface area contributed by atoms with E-state index < -0.39 is 0 Å². The summed E-state index contributed by atoms with van der Waals surface area (Å²) in [5.74, 6) is 0.298. The molecule has 4 rings (SSSR count). The van der Waals surface area contributed by atoms with Gasteiger partial charge in [-0.15, -0.1) is 11.3 Å². The number of carbonyl (C=O) groups is 2. The highest BCUT2D eigenvalue weighted by molar-refractivity contribution is 7.09. The first kappa shape index (κ1) is 23.9. The molecule has 2 aromatic carbocycles. The fourth-order valence-corrected chi connectivity index (χ4v) is 4.80. The van der Waals surface area contributed by atoms with Crippen molar-refractivity contribution in [1.82, 2.24) is 14.8 Å². The van der Waals surface area contributed by atoms with E-state index in [4.69, 9.17) is 4.74 Å². The number of carbonyl (C=O) groups excluding carboxylic acids is 2. The van der Waals surface area contributed by atoms with Gasteiger partial charge in [-0.05, 0) is 54.3 Å². The molecule has 1 atom stereocenters. The zero-order valence-corrected chi connectivity index (χ0v) is 20.4. The van der Waals surface area contributed by atoms with Crippen molar-refractivity contribution in [2.45, 2.75) is 39.3 Å². The van der Waals surface area contributed by atoms with Crippen LogP contribution in [0.25, 0.3) is 0 Å². The van der Waals surface area contributed by atoms with E-state index in [9.17, 15) is 14.0 Å². The van der Waals surface area contributed by atoms with Crippen LogP contribution < -0.4 is 4.74 Å². The largest absolute Gasteiger partial charge is 0.486 e. The first-order chi connectivity index (χ1) is 16.4. The molecule has 0 spiro atoms. The van der Waals surface area contributed by atoms with E-state index in [0.717, 1.165) is 23.1 Å². The zero-order chi connectivity index (χ0) is 24.2. The Morgan fingerprint density at radius 3 is 2.68 bits per heavy atom. The Morgan fingerprint density at radius 1 is 1.21 bits per heavy atom. The lowest BCUT2D eigenvalue weighted by Gasteiger charge is -2.38. The van der Waals surface area contributed by atoms with Crippen LogP contribution in [-0.4, -0.2) is 46.7 Å². The average Bonchev–Trinajstić information content (AvgIpc) is 3.35. The first-order valence-electron chi connectivity index (χ1n) is 11.4. The smallest absolute Gasteiger partial charge is 0.273 e. The van der Waals surface area contributed by atoms with Crippen molar-refractivity contribution in [2.75, 3.05) is 20.1 Å². The van der Waals surface area contributed by atoms with Crippen molar-refractivity contribution in [2.24, 2.45) is 0 Å². The van der Waals surface area contributed by atoms with E-state index in [0.29, 0.717) is 36.0 Å². The Balaban J connectivity index is 1.58. The molecule has 3 aromatic rings. The van der Waals surface area contributed by atoms with Crippen molar-refractivity contribution < 1.29 is 18.7 Å². The summed E-state index contributed by atoms with van der Waals surface area (Å²) in [7, 11) is 1.75. The minimum Gasteiger partial charge on any atom is -0.486 e. The Morgan fingerprint density at radius 2 is 1.97 bits per heavy atom. The lowest BCUT2D eigenvalue weighted by molar-refractivity contribution is -0.132. The van der Waals surface area contributed by atoms with Crippen LogP contribution in [0.2, 0.25) is 0 Å². The Hall–Kier alpha value is -3.26. The van der Waals surface area contributed by atoms with Crippen molar-refractivity contribution >= 4 is 23.2 Å². The molecule has 0 N–H and O–H groups in total. The van der Waals surface area contributed by atoms with Gasteiger partial charge in [0.05, 0.1) is 6.04 Å². The Labute approximate surface area is 203 Å². The van der Waals surface area contributed by atoms with Gasteiger partial charge in [0.1, 0.15) is 28.9 Å². The molecule has 6 nitrogen and oxygen atoms in total. The van der Waals surface area contributed by atoms with E-state index in [1.54, 1.807) is 29.5 Å². The SMILES string of the molecule is CCC(=O)N1CCc2ccc(OCc3nc(C(=O)N(C)CC)cs3)cc2C1c1ccc(F)cc1. The molecule has 1 aliphatic heterocycles. The second kappa shape index (κ2) is 10.3. The summed E-state index contributed by atoms with van der Waals surface area (Å²) in [4.78, 5) is 32.9. The molecule has 178 valence electrons. The van der Waals surface area contributed by atoms with E-state index in [1.165, 1.54) is 23.5 Å². The molecule has 0 bridgehead atoms. The molecule has 0 radical (unpaired) electrons. The van der Waals surface area contributed by atoms with E-state index in [1.807, 2.05) is 36.9 Å². The summed E-state index contributed by atoms with van der Waals surface area (Å²) in [6.45, 7) is 5.24. The molecule has 1 unspecified atom stereocenters. The van der Waals surface area contributed by atoms with Crippen molar-refractivity contribution in [3.63, 3.8) is 0 Å². The van der Waals surface area contributed by atoms with Gasteiger partial charge in [-0.1, -0.05) is 25.1 Å². The lowest BCUT2D eigenvalue weighted by Crippen LogP contribution is -2.40. The third-order valence-electron chi connectivity index (χ3n) is 6.11. The minimum absolute atomic E-state index is 0.0586. The maximum absolute atomic E-state index is 13.6. The number of halogens is 1. The van der Waals surface area contributed by atoms with Crippen LogP contribution in [0.1, 0.15) is 58.5 Å². The number of fused-ring (bicyclic) bond motifs is 1. The summed E-state index contributed by atoms with van der Waals surface area (Å²) in [6, 6.07) is 11.9. The van der Waals surface area contributed by atoms with Gasteiger partial charge in [-0.25, -0.2) is 9.37 Å². The van der Waals surface area contributed by atoms with Crippen molar-refractivity contribution in [1.29, 1.82) is 0 Å². The maximum atomic E-state index is 13.6. The van der Waals surface area contributed by atoms with Crippen molar-refractivity contribution in [3.8, 4) is 5.75 Å². The van der Waals surface area contributed by atoms with Crippen LogP contribution in [0, 0.1) is 5.82 Å². The summed E-state index contributed by atoms with van der Waals surface area (Å²) in [5.41, 5.74) is 3.41. The van der Waals surface area contributed by atoms with Gasteiger partial charge < -0.3 is 14.5 Å².